The number of hydrogen-bond acceptors (Lipinski definition) is 7. The number of carbonyl (C=O) groups is 1. The summed E-state index contributed by atoms with van der Waals surface area (Å²) in [5, 5.41) is 13.4. The third kappa shape index (κ3) is 7.86. The number of carboxylic acid groups (broad SMARTS) is 1. The van der Waals surface area contributed by atoms with E-state index in [-0.39, 0.29) is 27.9 Å². The Bertz CT molecular complexity index is 1580. The van der Waals surface area contributed by atoms with Gasteiger partial charge in [0.05, 0.1) is 17.3 Å². The summed E-state index contributed by atoms with van der Waals surface area (Å²) in [6.45, 7) is 0.0197. The van der Waals surface area contributed by atoms with Crippen molar-refractivity contribution in [2.75, 3.05) is 20.5 Å². The van der Waals surface area contributed by atoms with Crippen molar-refractivity contribution in [1.82, 2.24) is 5.32 Å². The minimum atomic E-state index is -3.59. The molecule has 0 aliphatic rings. The van der Waals surface area contributed by atoms with Crippen molar-refractivity contribution in [3.05, 3.63) is 87.4 Å². The van der Waals surface area contributed by atoms with E-state index in [1.807, 2.05) is 0 Å². The van der Waals surface area contributed by atoms with E-state index >= 15 is 0 Å². The van der Waals surface area contributed by atoms with Crippen LogP contribution in [-0.4, -0.2) is 46.0 Å². The molecule has 1 unspecified atom stereocenters. The lowest BCUT2D eigenvalue weighted by molar-refractivity contribution is -0.139. The average Bonchev–Trinajstić information content (AvgIpc) is 2.90. The minimum Gasteiger partial charge on any atom is -0.496 e. The maximum absolute atomic E-state index is 13.4. The zero-order chi connectivity index (χ0) is 28.8. The Morgan fingerprint density at radius 2 is 1.74 bits per heavy atom. The van der Waals surface area contributed by atoms with E-state index in [2.05, 4.69) is 16.9 Å². The van der Waals surface area contributed by atoms with Crippen LogP contribution in [0.25, 0.3) is 0 Å². The molecule has 0 aliphatic carbocycles. The standard InChI is InChI=1S/C27H26Cl2NO7PS/c1-36-25-9-4-5-10-26(25)38(33,37-2)12-11-19-14-22(28)21(23(29)15-19)17-30-24(27(31)32)16-18-7-6-8-20(13-18)39(3,34)35/h4-10,13-15,24,30H,16-17H2,1-3H3,(H,31,32)/t24-,38?/m0/s1. The van der Waals surface area contributed by atoms with E-state index < -0.39 is 29.2 Å². The highest BCUT2D eigenvalue weighted by Crippen LogP contribution is 2.46. The number of nitrogens with one attached hydrogen (secondary N) is 1. The monoisotopic (exact) mass is 609 g/mol. The van der Waals surface area contributed by atoms with Gasteiger partial charge in [0.15, 0.2) is 9.84 Å². The molecular formula is C27H26Cl2NO7PS. The molecule has 3 aromatic rings. The van der Waals surface area contributed by atoms with Gasteiger partial charge in [-0.3, -0.25) is 14.7 Å². The normalized spacial score (nSPS) is 13.6. The van der Waals surface area contributed by atoms with Crippen molar-refractivity contribution in [3.8, 4) is 17.3 Å². The summed E-state index contributed by atoms with van der Waals surface area (Å²) in [6.07, 6.45) is 1.12. The third-order valence-electron chi connectivity index (χ3n) is 5.74. The van der Waals surface area contributed by atoms with Gasteiger partial charge in [0.1, 0.15) is 11.8 Å². The number of benzene rings is 3. The first-order valence-corrected chi connectivity index (χ1v) is 15.7. The summed E-state index contributed by atoms with van der Waals surface area (Å²) in [6, 6.07) is 14.9. The molecule has 2 atom stereocenters. The molecule has 0 amide bonds. The third-order valence-corrected chi connectivity index (χ3v) is 9.45. The first-order chi connectivity index (χ1) is 18.4. The quantitative estimate of drug-likeness (QED) is 0.250. The fourth-order valence-electron chi connectivity index (χ4n) is 3.67. The molecule has 0 aromatic heterocycles. The highest BCUT2D eigenvalue weighted by atomic mass is 35.5. The average molecular weight is 610 g/mol. The number of halogens is 2. The van der Waals surface area contributed by atoms with Gasteiger partial charge in [0.25, 0.3) is 0 Å². The van der Waals surface area contributed by atoms with Gasteiger partial charge in [-0.1, -0.05) is 53.4 Å². The topological polar surface area (TPSA) is 119 Å². The lowest BCUT2D eigenvalue weighted by Crippen LogP contribution is -2.38. The molecule has 0 bridgehead atoms. The van der Waals surface area contributed by atoms with Crippen molar-refractivity contribution in [3.63, 3.8) is 0 Å². The molecule has 2 N–H and O–H groups in total. The van der Waals surface area contributed by atoms with Crippen molar-refractivity contribution in [2.24, 2.45) is 0 Å². The van der Waals surface area contributed by atoms with E-state index in [1.54, 1.807) is 36.4 Å². The SMILES string of the molecule is COc1ccccc1P(=O)(C#Cc1cc(Cl)c(CN[C@@H](Cc2cccc(S(C)(=O)=O)c2)C(=O)O)c(Cl)c1)OC. The van der Waals surface area contributed by atoms with E-state index in [0.29, 0.717) is 27.7 Å². The number of rotatable bonds is 10. The lowest BCUT2D eigenvalue weighted by atomic mass is 10.1. The van der Waals surface area contributed by atoms with Crippen LogP contribution >= 0.6 is 30.6 Å². The summed E-state index contributed by atoms with van der Waals surface area (Å²) in [5.41, 5.74) is 4.05. The number of methoxy groups -OCH3 is 1. The summed E-state index contributed by atoms with van der Waals surface area (Å²) >= 11 is 12.9. The second-order valence-electron chi connectivity index (χ2n) is 8.46. The van der Waals surface area contributed by atoms with Crippen LogP contribution in [0.15, 0.2) is 65.6 Å². The van der Waals surface area contributed by atoms with E-state index in [9.17, 15) is 22.9 Å². The molecule has 12 heteroatoms. The van der Waals surface area contributed by atoms with Crippen LogP contribution in [0.3, 0.4) is 0 Å². The van der Waals surface area contributed by atoms with E-state index in [1.165, 1.54) is 38.5 Å². The molecule has 0 aliphatic heterocycles. The molecule has 3 rings (SSSR count). The Balaban J connectivity index is 1.81. The van der Waals surface area contributed by atoms with Crippen molar-refractivity contribution < 1.29 is 32.1 Å². The molecule has 206 valence electrons. The number of hydrogen-bond donors (Lipinski definition) is 2. The Labute approximate surface area is 237 Å². The van der Waals surface area contributed by atoms with E-state index in [4.69, 9.17) is 32.5 Å². The van der Waals surface area contributed by atoms with E-state index in [0.717, 1.165) is 6.26 Å². The predicted octanol–water partition coefficient (Wildman–Crippen LogP) is 4.75. The Morgan fingerprint density at radius 1 is 1.08 bits per heavy atom. The second-order valence-corrected chi connectivity index (χ2v) is 13.5. The van der Waals surface area contributed by atoms with Crippen molar-refractivity contribution in [1.29, 1.82) is 0 Å². The number of sulfone groups is 1. The molecular weight excluding hydrogens is 584 g/mol. The minimum absolute atomic E-state index is 0.0197. The van der Waals surface area contributed by atoms with Gasteiger partial charge in [-0.25, -0.2) is 8.42 Å². The van der Waals surface area contributed by atoms with Gasteiger partial charge in [0, 0.05) is 41.1 Å². The predicted molar refractivity (Wildman–Crippen MR) is 152 cm³/mol. The molecule has 39 heavy (non-hydrogen) atoms. The smallest absolute Gasteiger partial charge is 0.321 e. The summed E-state index contributed by atoms with van der Waals surface area (Å²) in [4.78, 5) is 12.0. The Kier molecular flexibility index (Phi) is 10.2. The molecule has 3 aromatic carbocycles. The van der Waals surface area contributed by atoms with Gasteiger partial charge >= 0.3 is 13.3 Å². The summed E-state index contributed by atoms with van der Waals surface area (Å²) in [7, 11) is -4.26. The first-order valence-electron chi connectivity index (χ1n) is 11.4. The van der Waals surface area contributed by atoms with Gasteiger partial charge in [-0.05, 0) is 54.0 Å². The zero-order valence-corrected chi connectivity index (χ0v) is 24.5. The second kappa shape index (κ2) is 13.0. The number of aliphatic carboxylic acids is 1. The summed E-state index contributed by atoms with van der Waals surface area (Å²) in [5.74, 6) is 2.06. The molecule has 0 fully saturated rings. The first kappa shape index (κ1) is 30.7. The maximum Gasteiger partial charge on any atom is 0.321 e. The Morgan fingerprint density at radius 3 is 2.33 bits per heavy atom. The molecule has 0 saturated heterocycles. The van der Waals surface area contributed by atoms with Gasteiger partial charge in [0.2, 0.25) is 0 Å². The highest BCUT2D eigenvalue weighted by Gasteiger charge is 2.26. The molecule has 8 nitrogen and oxygen atoms in total. The molecule has 0 radical (unpaired) electrons. The van der Waals surface area contributed by atoms with Crippen molar-refractivity contribution >= 4 is 51.7 Å². The van der Waals surface area contributed by atoms with Gasteiger partial charge < -0.3 is 14.4 Å². The Hall–Kier alpha value is -2.83. The molecule has 0 saturated carbocycles. The molecule has 0 spiro atoms. The summed E-state index contributed by atoms with van der Waals surface area (Å²) < 4.78 is 47.6. The van der Waals surface area contributed by atoms with Crippen LogP contribution < -0.4 is 15.4 Å². The van der Waals surface area contributed by atoms with Gasteiger partial charge in [-0.15, -0.1) is 0 Å². The van der Waals surface area contributed by atoms with Crippen LogP contribution in [0, 0.1) is 11.6 Å². The largest absolute Gasteiger partial charge is 0.496 e. The van der Waals surface area contributed by atoms with Crippen molar-refractivity contribution in [2.45, 2.75) is 23.9 Å². The van der Waals surface area contributed by atoms with Crippen LogP contribution in [0.5, 0.6) is 5.75 Å². The van der Waals surface area contributed by atoms with Crippen LogP contribution in [0.4, 0.5) is 0 Å². The fourth-order valence-corrected chi connectivity index (χ4v) is 6.41. The fraction of sp³-hybridized carbons (Fsp3) is 0.222. The number of ether oxygens (including phenoxy) is 1. The highest BCUT2D eigenvalue weighted by molar-refractivity contribution is 7.90. The lowest BCUT2D eigenvalue weighted by Gasteiger charge is -2.17. The van der Waals surface area contributed by atoms with Crippen LogP contribution in [0.2, 0.25) is 10.0 Å². The number of para-hydroxylation sites is 1. The molecule has 0 heterocycles. The zero-order valence-electron chi connectivity index (χ0n) is 21.3. The van der Waals surface area contributed by atoms with Crippen LogP contribution in [0.1, 0.15) is 16.7 Å². The number of carboxylic acids is 1. The maximum atomic E-state index is 13.4. The van der Waals surface area contributed by atoms with Gasteiger partial charge in [-0.2, -0.15) is 0 Å². The van der Waals surface area contributed by atoms with Crippen LogP contribution in [-0.2, 0) is 36.7 Å².